The summed E-state index contributed by atoms with van der Waals surface area (Å²) in [6, 6.07) is 0. The minimum Gasteiger partial charge on any atom is -0.233 e. The Labute approximate surface area is 181 Å². The summed E-state index contributed by atoms with van der Waals surface area (Å²) < 4.78 is 0. The molecule has 149 valence electrons. The fraction of sp³-hybridized carbons (Fsp3) is 0.636. The van der Waals surface area contributed by atoms with Crippen molar-refractivity contribution in [1.29, 1.82) is 0 Å². The maximum Gasteiger partial charge on any atom is 0.134 e. The van der Waals surface area contributed by atoms with Crippen LogP contribution in [0.4, 0.5) is 0 Å². The van der Waals surface area contributed by atoms with Crippen LogP contribution in [0.2, 0.25) is 0 Å². The van der Waals surface area contributed by atoms with E-state index in [1.165, 1.54) is 38.5 Å². The number of rotatable bonds is 3. The molecule has 0 N–H and O–H groups in total. The first kappa shape index (κ1) is 23.2. The van der Waals surface area contributed by atoms with Gasteiger partial charge in [-0.15, -0.1) is 0 Å². The van der Waals surface area contributed by atoms with Crippen LogP contribution in [0.15, 0.2) is 22.3 Å². The Hall–Kier alpha value is -1.11. The minimum absolute atomic E-state index is 0. The molecule has 0 bridgehead atoms. The van der Waals surface area contributed by atoms with Crippen molar-refractivity contribution in [3.8, 4) is 0 Å². The van der Waals surface area contributed by atoms with Crippen LogP contribution in [0, 0.1) is 0 Å². The molecule has 3 saturated carbocycles. The Morgan fingerprint density at radius 2 is 1.14 bits per heavy atom. The summed E-state index contributed by atoms with van der Waals surface area (Å²) in [5.41, 5.74) is 1.09. The second kappa shape index (κ2) is 11.2. The molecule has 1 atom stereocenters. The monoisotopic (exact) mass is 571 g/mol. The SMILES string of the molecule is O=C=C1CC(P(C2CCCCC2)C2CCCCC2)C(=C=O)C(=C=O)C1=C=O.[Re]. The predicted octanol–water partition coefficient (Wildman–Crippen LogP) is 3.94. The quantitative estimate of drug-likeness (QED) is 0.381. The van der Waals surface area contributed by atoms with Crippen molar-refractivity contribution >= 4 is 31.7 Å². The van der Waals surface area contributed by atoms with Crippen LogP contribution in [0.3, 0.4) is 0 Å². The van der Waals surface area contributed by atoms with E-state index in [9.17, 15) is 19.2 Å². The topological polar surface area (TPSA) is 68.3 Å². The Balaban J connectivity index is 0.00000280. The fourth-order valence-electron chi connectivity index (χ4n) is 5.10. The summed E-state index contributed by atoms with van der Waals surface area (Å²) in [5, 5.41) is 0. The standard InChI is InChI=1S/C22H25O4P.Re/c23-12-16-11-22(21(15-26)20(14-25)19(16)13-24)27(17-7-3-1-4-8-17)18-9-5-2-6-10-18;/h17-18,22H,1-11H2;. The van der Waals surface area contributed by atoms with E-state index in [2.05, 4.69) is 0 Å². The second-order valence-electron chi connectivity index (χ2n) is 7.80. The van der Waals surface area contributed by atoms with Crippen LogP contribution in [-0.4, -0.2) is 40.7 Å². The van der Waals surface area contributed by atoms with Gasteiger partial charge in [0.15, 0.2) is 0 Å². The van der Waals surface area contributed by atoms with E-state index in [0.29, 0.717) is 17.7 Å². The number of hydrogen-bond acceptors (Lipinski definition) is 4. The third kappa shape index (κ3) is 4.72. The molecule has 28 heavy (non-hydrogen) atoms. The summed E-state index contributed by atoms with van der Waals surface area (Å²) >= 11 is 0. The normalized spacial score (nSPS) is 24.1. The van der Waals surface area contributed by atoms with E-state index in [1.54, 1.807) is 11.9 Å². The van der Waals surface area contributed by atoms with E-state index < -0.39 is 7.92 Å². The Morgan fingerprint density at radius 3 is 1.54 bits per heavy atom. The first-order chi connectivity index (χ1) is 13.2. The van der Waals surface area contributed by atoms with E-state index in [-0.39, 0.29) is 48.4 Å². The minimum atomic E-state index is -0.591. The molecule has 1 unspecified atom stereocenters. The molecule has 3 aliphatic rings. The zero-order valence-electron chi connectivity index (χ0n) is 16.0. The van der Waals surface area contributed by atoms with Gasteiger partial charge < -0.3 is 0 Å². The molecule has 0 aromatic carbocycles. The zero-order valence-corrected chi connectivity index (χ0v) is 19.6. The van der Waals surface area contributed by atoms with E-state index in [0.717, 1.165) is 25.7 Å². The molecule has 3 rings (SSSR count). The molecule has 4 nitrogen and oxygen atoms in total. The van der Waals surface area contributed by atoms with Gasteiger partial charge in [0.2, 0.25) is 0 Å². The molecule has 0 aromatic rings. The first-order valence-corrected chi connectivity index (χ1v) is 11.6. The largest absolute Gasteiger partial charge is 0.233 e. The average Bonchev–Trinajstić information content (AvgIpc) is 2.74. The van der Waals surface area contributed by atoms with Gasteiger partial charge in [0.1, 0.15) is 23.8 Å². The van der Waals surface area contributed by atoms with Gasteiger partial charge in [-0.3, -0.25) is 0 Å². The van der Waals surface area contributed by atoms with Crippen LogP contribution >= 0.6 is 7.92 Å². The summed E-state index contributed by atoms with van der Waals surface area (Å²) in [5.74, 6) is 7.21. The summed E-state index contributed by atoms with van der Waals surface area (Å²) in [7, 11) is -0.591. The molecule has 0 spiro atoms. The molecule has 0 saturated heterocycles. The predicted molar refractivity (Wildman–Crippen MR) is 106 cm³/mol. The van der Waals surface area contributed by atoms with Crippen molar-refractivity contribution in [3.63, 3.8) is 0 Å². The molecule has 0 aliphatic heterocycles. The number of hydrogen-bond donors (Lipinski definition) is 0. The van der Waals surface area contributed by atoms with Crippen LogP contribution in [0.25, 0.3) is 0 Å². The third-order valence-electron chi connectivity index (χ3n) is 6.34. The van der Waals surface area contributed by atoms with Crippen molar-refractivity contribution in [2.45, 2.75) is 87.6 Å². The van der Waals surface area contributed by atoms with Gasteiger partial charge in [-0.25, -0.2) is 19.2 Å². The van der Waals surface area contributed by atoms with E-state index in [1.807, 2.05) is 11.9 Å². The molecule has 0 aromatic heterocycles. The Kier molecular flexibility index (Phi) is 9.25. The molecular formula is C22H25O4PRe. The van der Waals surface area contributed by atoms with Crippen molar-refractivity contribution in [2.75, 3.05) is 0 Å². The number of carbonyl (C=O) groups excluding carboxylic acids is 4. The smallest absolute Gasteiger partial charge is 0.134 e. The van der Waals surface area contributed by atoms with Gasteiger partial charge in [-0.1, -0.05) is 46.4 Å². The number of allylic oxidation sites excluding steroid dienone is 4. The average molecular weight is 571 g/mol. The van der Waals surface area contributed by atoms with E-state index in [4.69, 9.17) is 0 Å². The molecule has 0 heterocycles. The van der Waals surface area contributed by atoms with Gasteiger partial charge in [0.25, 0.3) is 0 Å². The zero-order chi connectivity index (χ0) is 19.2. The molecule has 6 heteroatoms. The van der Waals surface area contributed by atoms with Crippen molar-refractivity contribution in [1.82, 2.24) is 0 Å². The van der Waals surface area contributed by atoms with Gasteiger partial charge in [-0.2, -0.15) is 0 Å². The second-order valence-corrected chi connectivity index (χ2v) is 10.8. The van der Waals surface area contributed by atoms with Gasteiger partial charge in [-0.05, 0) is 43.4 Å². The third-order valence-corrected chi connectivity index (χ3v) is 10.2. The molecule has 0 amide bonds. The summed E-state index contributed by atoms with van der Waals surface area (Å²) in [4.78, 5) is 46.3. The van der Waals surface area contributed by atoms with Gasteiger partial charge in [0.05, 0.1) is 22.3 Å². The molecule has 1 radical (unpaired) electrons. The fourth-order valence-corrected chi connectivity index (χ4v) is 9.51. The molecular weight excluding hydrogens is 545 g/mol. The summed E-state index contributed by atoms with van der Waals surface area (Å²) in [6.45, 7) is 0. The maximum absolute atomic E-state index is 11.9. The Morgan fingerprint density at radius 1 is 0.643 bits per heavy atom. The van der Waals surface area contributed by atoms with Gasteiger partial charge in [0, 0.05) is 26.1 Å². The molecule has 3 aliphatic carbocycles. The van der Waals surface area contributed by atoms with Crippen LogP contribution in [0.5, 0.6) is 0 Å². The molecule has 3 fully saturated rings. The van der Waals surface area contributed by atoms with Gasteiger partial charge >= 0.3 is 0 Å². The van der Waals surface area contributed by atoms with Crippen LogP contribution in [-0.2, 0) is 39.6 Å². The summed E-state index contributed by atoms with van der Waals surface area (Å²) in [6.07, 6.45) is 12.2. The van der Waals surface area contributed by atoms with Crippen molar-refractivity contribution < 1.29 is 39.6 Å². The maximum atomic E-state index is 11.9. The van der Waals surface area contributed by atoms with Crippen LogP contribution in [0.1, 0.15) is 70.6 Å². The Bertz CT molecular complexity index is 763. The van der Waals surface area contributed by atoms with Crippen molar-refractivity contribution in [2.24, 2.45) is 0 Å². The first-order valence-electron chi connectivity index (χ1n) is 10.0. The van der Waals surface area contributed by atoms with Crippen LogP contribution < -0.4 is 0 Å². The van der Waals surface area contributed by atoms with Crippen molar-refractivity contribution in [3.05, 3.63) is 22.3 Å². The van der Waals surface area contributed by atoms with E-state index >= 15 is 0 Å².